The van der Waals surface area contributed by atoms with Crippen molar-refractivity contribution in [1.29, 1.82) is 0 Å². The van der Waals surface area contributed by atoms with E-state index in [9.17, 15) is 4.79 Å². The summed E-state index contributed by atoms with van der Waals surface area (Å²) >= 11 is 0. The Morgan fingerprint density at radius 2 is 1.77 bits per heavy atom. The highest BCUT2D eigenvalue weighted by Gasteiger charge is 2.28. The Bertz CT molecular complexity index is 484. The number of likely N-dealkylation sites (tertiary alicyclic amines) is 1. The van der Waals surface area contributed by atoms with E-state index in [-0.39, 0.29) is 0 Å². The molecule has 1 aromatic carbocycles. The minimum Gasteiger partial charge on any atom is -0.342 e. The molecule has 0 saturated carbocycles. The van der Waals surface area contributed by atoms with Crippen molar-refractivity contribution >= 4 is 5.91 Å². The molecule has 4 nitrogen and oxygen atoms in total. The molecular weight excluding hydrogens is 274 g/mol. The van der Waals surface area contributed by atoms with Gasteiger partial charge in [0.25, 0.3) is 0 Å². The maximum absolute atomic E-state index is 12.5. The number of rotatable bonds is 3. The fourth-order valence-electron chi connectivity index (χ4n) is 3.54. The van der Waals surface area contributed by atoms with Gasteiger partial charge < -0.3 is 4.90 Å². The molecule has 22 heavy (non-hydrogen) atoms. The summed E-state index contributed by atoms with van der Waals surface area (Å²) < 4.78 is 0. The third kappa shape index (κ3) is 3.68. The van der Waals surface area contributed by atoms with Crippen molar-refractivity contribution in [1.82, 2.24) is 14.7 Å². The molecule has 2 heterocycles. The van der Waals surface area contributed by atoms with E-state index >= 15 is 0 Å². The van der Waals surface area contributed by atoms with E-state index in [1.165, 1.54) is 24.8 Å². The lowest BCUT2D eigenvalue weighted by Gasteiger charge is -2.40. The third-order valence-electron chi connectivity index (χ3n) is 4.98. The number of carbonyl (C=O) groups excluding carboxylic acids is 1. The van der Waals surface area contributed by atoms with E-state index < -0.39 is 0 Å². The molecule has 0 spiro atoms. The number of carbonyl (C=O) groups is 1. The summed E-state index contributed by atoms with van der Waals surface area (Å²) in [7, 11) is 2.18. The maximum Gasteiger partial charge on any atom is 0.236 e. The van der Waals surface area contributed by atoms with Crippen LogP contribution in [0.15, 0.2) is 30.3 Å². The zero-order chi connectivity index (χ0) is 15.4. The molecule has 0 bridgehead atoms. The first-order valence-electron chi connectivity index (χ1n) is 8.49. The van der Waals surface area contributed by atoms with E-state index in [4.69, 9.17) is 0 Å². The molecule has 2 saturated heterocycles. The van der Waals surface area contributed by atoms with Gasteiger partial charge in [0, 0.05) is 38.8 Å². The van der Waals surface area contributed by atoms with Crippen molar-refractivity contribution in [2.75, 3.05) is 46.3 Å². The summed E-state index contributed by atoms with van der Waals surface area (Å²) in [5, 5.41) is 0. The van der Waals surface area contributed by atoms with Gasteiger partial charge in [-0.15, -0.1) is 0 Å². The second kappa shape index (κ2) is 7.25. The highest BCUT2D eigenvalue weighted by Crippen LogP contribution is 2.23. The quantitative estimate of drug-likeness (QED) is 0.854. The number of piperazine rings is 1. The molecule has 0 aromatic heterocycles. The smallest absolute Gasteiger partial charge is 0.236 e. The predicted molar refractivity (Wildman–Crippen MR) is 88.7 cm³/mol. The second-order valence-corrected chi connectivity index (χ2v) is 6.58. The lowest BCUT2D eigenvalue weighted by Crippen LogP contribution is -2.50. The molecule has 1 unspecified atom stereocenters. The molecule has 1 atom stereocenters. The normalized spacial score (nSPS) is 24.4. The first kappa shape index (κ1) is 15.5. The summed E-state index contributed by atoms with van der Waals surface area (Å²) in [4.78, 5) is 19.2. The van der Waals surface area contributed by atoms with Crippen LogP contribution in [0.3, 0.4) is 0 Å². The van der Waals surface area contributed by atoms with Crippen LogP contribution < -0.4 is 0 Å². The number of hydrogen-bond acceptors (Lipinski definition) is 3. The molecule has 2 aliphatic rings. The van der Waals surface area contributed by atoms with Gasteiger partial charge in [0.1, 0.15) is 0 Å². The molecule has 2 fully saturated rings. The minimum atomic E-state index is 0.316. The van der Waals surface area contributed by atoms with Crippen LogP contribution in [0, 0.1) is 0 Å². The van der Waals surface area contributed by atoms with Gasteiger partial charge in [0.2, 0.25) is 5.91 Å². The van der Waals surface area contributed by atoms with Crippen LogP contribution in [0.25, 0.3) is 0 Å². The minimum absolute atomic E-state index is 0.316. The number of hydrogen-bond donors (Lipinski definition) is 0. The first-order chi connectivity index (χ1) is 10.7. The van der Waals surface area contributed by atoms with Gasteiger partial charge in [-0.2, -0.15) is 0 Å². The Kier molecular flexibility index (Phi) is 5.11. The van der Waals surface area contributed by atoms with Crippen LogP contribution in [0.1, 0.15) is 30.9 Å². The van der Waals surface area contributed by atoms with Gasteiger partial charge in [-0.1, -0.05) is 30.3 Å². The lowest BCUT2D eigenvalue weighted by atomic mass is 10.0. The Morgan fingerprint density at radius 1 is 1.05 bits per heavy atom. The summed E-state index contributed by atoms with van der Waals surface area (Å²) in [6, 6.07) is 11.0. The first-order valence-corrected chi connectivity index (χ1v) is 8.49. The number of benzene rings is 1. The van der Waals surface area contributed by atoms with Gasteiger partial charge in [-0.05, 0) is 31.9 Å². The molecule has 4 heteroatoms. The van der Waals surface area contributed by atoms with Gasteiger partial charge in [0.15, 0.2) is 0 Å². The molecule has 120 valence electrons. The standard InChI is InChI=1S/C18H27N3O/c1-19-12-13-20(14-17(19)16-8-4-2-5-9-16)15-18(22)21-10-6-3-7-11-21/h2,4-5,8-9,17H,3,6-7,10-15H2,1H3. The average Bonchev–Trinajstić information content (AvgIpc) is 2.58. The number of piperidine rings is 1. The molecule has 3 rings (SSSR count). The molecular formula is C18H27N3O. The largest absolute Gasteiger partial charge is 0.342 e. The van der Waals surface area contributed by atoms with E-state index in [1.807, 2.05) is 0 Å². The van der Waals surface area contributed by atoms with Gasteiger partial charge in [-0.25, -0.2) is 0 Å². The SMILES string of the molecule is CN1CCN(CC(=O)N2CCCCC2)CC1c1ccccc1. The molecule has 0 N–H and O–H groups in total. The molecule has 0 aliphatic carbocycles. The summed E-state index contributed by atoms with van der Waals surface area (Å²) in [6.07, 6.45) is 3.61. The second-order valence-electron chi connectivity index (χ2n) is 6.58. The fraction of sp³-hybridized carbons (Fsp3) is 0.611. The zero-order valence-electron chi connectivity index (χ0n) is 13.6. The molecule has 0 radical (unpaired) electrons. The summed E-state index contributed by atoms with van der Waals surface area (Å²) in [5.74, 6) is 0.316. The molecule has 1 amide bonds. The van der Waals surface area contributed by atoms with Crippen LogP contribution in [-0.2, 0) is 4.79 Å². The Morgan fingerprint density at radius 3 is 2.50 bits per heavy atom. The van der Waals surface area contributed by atoms with Gasteiger partial charge in [0.05, 0.1) is 6.54 Å². The van der Waals surface area contributed by atoms with Crippen molar-refractivity contribution < 1.29 is 4.79 Å². The zero-order valence-corrected chi connectivity index (χ0v) is 13.6. The highest BCUT2D eigenvalue weighted by molar-refractivity contribution is 5.78. The van der Waals surface area contributed by atoms with Crippen molar-refractivity contribution in [3.05, 3.63) is 35.9 Å². The van der Waals surface area contributed by atoms with E-state index in [0.717, 1.165) is 32.7 Å². The van der Waals surface area contributed by atoms with Crippen molar-refractivity contribution in [2.24, 2.45) is 0 Å². The van der Waals surface area contributed by atoms with E-state index in [0.29, 0.717) is 18.5 Å². The van der Waals surface area contributed by atoms with Gasteiger partial charge in [-0.3, -0.25) is 14.6 Å². The average molecular weight is 301 g/mol. The van der Waals surface area contributed by atoms with Crippen molar-refractivity contribution in [3.8, 4) is 0 Å². The monoisotopic (exact) mass is 301 g/mol. The summed E-state index contributed by atoms with van der Waals surface area (Å²) in [6.45, 7) is 5.44. The number of amides is 1. The Hall–Kier alpha value is -1.39. The van der Waals surface area contributed by atoms with Crippen molar-refractivity contribution in [2.45, 2.75) is 25.3 Å². The molecule has 2 aliphatic heterocycles. The maximum atomic E-state index is 12.5. The Labute approximate surface area is 133 Å². The highest BCUT2D eigenvalue weighted by atomic mass is 16.2. The number of nitrogens with zero attached hydrogens (tertiary/aromatic N) is 3. The molecule has 1 aromatic rings. The van der Waals surface area contributed by atoms with Crippen molar-refractivity contribution in [3.63, 3.8) is 0 Å². The van der Waals surface area contributed by atoms with E-state index in [1.54, 1.807) is 0 Å². The Balaban J connectivity index is 1.59. The van der Waals surface area contributed by atoms with Crippen LogP contribution in [0.5, 0.6) is 0 Å². The third-order valence-corrected chi connectivity index (χ3v) is 4.98. The topological polar surface area (TPSA) is 26.8 Å². The van der Waals surface area contributed by atoms with Crippen LogP contribution in [0.4, 0.5) is 0 Å². The van der Waals surface area contributed by atoms with Gasteiger partial charge >= 0.3 is 0 Å². The van der Waals surface area contributed by atoms with Crippen LogP contribution in [-0.4, -0.2) is 66.9 Å². The lowest BCUT2D eigenvalue weighted by molar-refractivity contribution is -0.134. The van der Waals surface area contributed by atoms with Crippen LogP contribution in [0.2, 0.25) is 0 Å². The fourth-order valence-corrected chi connectivity index (χ4v) is 3.54. The number of likely N-dealkylation sites (N-methyl/N-ethyl adjacent to an activating group) is 1. The van der Waals surface area contributed by atoms with Crippen LogP contribution >= 0.6 is 0 Å². The predicted octanol–water partition coefficient (Wildman–Crippen LogP) is 1.99. The summed E-state index contributed by atoms with van der Waals surface area (Å²) in [5.41, 5.74) is 1.35. The van der Waals surface area contributed by atoms with E-state index in [2.05, 4.69) is 52.1 Å².